The molecule has 2 heteroatoms. The highest BCUT2D eigenvalue weighted by Crippen LogP contribution is 2.36. The fourth-order valence-corrected chi connectivity index (χ4v) is 3.33. The predicted molar refractivity (Wildman–Crippen MR) is 105 cm³/mol. The summed E-state index contributed by atoms with van der Waals surface area (Å²) in [6.07, 6.45) is 0.238. The van der Waals surface area contributed by atoms with E-state index in [0.29, 0.717) is 11.8 Å². The van der Waals surface area contributed by atoms with E-state index in [4.69, 9.17) is 0 Å². The maximum absolute atomic E-state index is 11.0. The van der Waals surface area contributed by atoms with Crippen molar-refractivity contribution in [2.75, 3.05) is 0 Å². The average Bonchev–Trinajstić information content (AvgIpc) is 2.54. The van der Waals surface area contributed by atoms with Crippen LogP contribution in [0.3, 0.4) is 0 Å². The monoisotopic (exact) mass is 340 g/mol. The molecule has 0 bridgehead atoms. The van der Waals surface area contributed by atoms with E-state index in [1.54, 1.807) is 13.8 Å². The molecule has 0 heterocycles. The third-order valence-corrected chi connectivity index (χ3v) is 5.09. The van der Waals surface area contributed by atoms with Crippen molar-refractivity contribution in [3.8, 4) is 0 Å². The van der Waals surface area contributed by atoms with Crippen molar-refractivity contribution >= 4 is 0 Å². The van der Waals surface area contributed by atoms with Gasteiger partial charge in [-0.1, -0.05) is 76.2 Å². The Balaban J connectivity index is 2.22. The van der Waals surface area contributed by atoms with Gasteiger partial charge >= 0.3 is 0 Å². The molecule has 0 unspecified atom stereocenters. The highest BCUT2D eigenvalue weighted by atomic mass is 16.3. The minimum Gasteiger partial charge on any atom is -0.385 e. The topological polar surface area (TPSA) is 40.5 Å². The summed E-state index contributed by atoms with van der Waals surface area (Å²) < 4.78 is 0. The predicted octanol–water partition coefficient (Wildman–Crippen LogP) is 5.44. The summed E-state index contributed by atoms with van der Waals surface area (Å²) in [5, 5.41) is 22.0. The number of aliphatic hydroxyl groups is 2. The van der Waals surface area contributed by atoms with Crippen LogP contribution in [-0.4, -0.2) is 10.2 Å². The van der Waals surface area contributed by atoms with Crippen molar-refractivity contribution in [3.05, 3.63) is 70.8 Å². The van der Waals surface area contributed by atoms with Crippen molar-refractivity contribution in [3.63, 3.8) is 0 Å². The van der Waals surface area contributed by atoms with E-state index in [9.17, 15) is 10.2 Å². The standard InChI is InChI=1S/C23H32O2/c1-16(2)18-7-11-20(12-8-18)22(5,24)15-23(6,25)21-13-9-19(10-14-21)17(3)4/h7-14,16-17,24-25H,15H2,1-6H3/t22-,23-/m0/s1. The molecule has 0 radical (unpaired) electrons. The van der Waals surface area contributed by atoms with E-state index < -0.39 is 11.2 Å². The lowest BCUT2D eigenvalue weighted by molar-refractivity contribution is -0.0525. The molecular formula is C23H32O2. The second-order valence-electron chi connectivity index (χ2n) is 8.28. The highest BCUT2D eigenvalue weighted by Gasteiger charge is 2.35. The first-order chi connectivity index (χ1) is 11.5. The van der Waals surface area contributed by atoms with E-state index in [0.717, 1.165) is 11.1 Å². The summed E-state index contributed by atoms with van der Waals surface area (Å²) in [6.45, 7) is 12.2. The van der Waals surface area contributed by atoms with Gasteiger partial charge in [0.2, 0.25) is 0 Å². The maximum atomic E-state index is 11.0. The summed E-state index contributed by atoms with van der Waals surface area (Å²) in [5.74, 6) is 0.920. The molecule has 0 saturated carbocycles. The molecule has 2 aromatic rings. The zero-order chi connectivity index (χ0) is 18.8. The third kappa shape index (κ3) is 4.71. The Labute approximate surface area is 152 Å². The molecule has 0 aliphatic carbocycles. The van der Waals surface area contributed by atoms with Crippen LogP contribution in [-0.2, 0) is 11.2 Å². The van der Waals surface area contributed by atoms with E-state index in [1.165, 1.54) is 11.1 Å². The fourth-order valence-electron chi connectivity index (χ4n) is 3.33. The SMILES string of the molecule is CC(C)c1ccc([C@@](C)(O)C[C@](C)(O)c2ccc(C(C)C)cc2)cc1. The second-order valence-corrected chi connectivity index (χ2v) is 8.28. The molecule has 0 fully saturated rings. The molecule has 0 spiro atoms. The van der Waals surface area contributed by atoms with Crippen molar-refractivity contribution in [2.45, 2.75) is 71.0 Å². The van der Waals surface area contributed by atoms with Crippen molar-refractivity contribution in [1.29, 1.82) is 0 Å². The number of rotatable bonds is 6. The molecule has 2 aromatic carbocycles. The fraction of sp³-hybridized carbons (Fsp3) is 0.478. The molecule has 0 saturated heterocycles. The molecule has 2 rings (SSSR count). The Hall–Kier alpha value is -1.64. The van der Waals surface area contributed by atoms with Crippen LogP contribution in [0.4, 0.5) is 0 Å². The van der Waals surface area contributed by atoms with Gasteiger partial charge in [-0.15, -0.1) is 0 Å². The van der Waals surface area contributed by atoms with Gasteiger partial charge in [0.15, 0.2) is 0 Å². The van der Waals surface area contributed by atoms with Crippen molar-refractivity contribution in [2.24, 2.45) is 0 Å². The first-order valence-corrected chi connectivity index (χ1v) is 9.18. The van der Waals surface area contributed by atoms with Gasteiger partial charge in [-0.3, -0.25) is 0 Å². The smallest absolute Gasteiger partial charge is 0.0899 e. The van der Waals surface area contributed by atoms with Gasteiger partial charge in [-0.05, 0) is 47.9 Å². The molecule has 2 atom stereocenters. The molecule has 136 valence electrons. The Morgan fingerprint density at radius 3 is 1.16 bits per heavy atom. The van der Waals surface area contributed by atoms with E-state index in [2.05, 4.69) is 52.0 Å². The first kappa shape index (κ1) is 19.7. The molecule has 0 aliphatic rings. The zero-order valence-corrected chi connectivity index (χ0v) is 16.4. The summed E-state index contributed by atoms with van der Waals surface area (Å²) in [5.41, 5.74) is 1.95. The van der Waals surface area contributed by atoms with Crippen LogP contribution in [0.25, 0.3) is 0 Å². The van der Waals surface area contributed by atoms with Gasteiger partial charge in [-0.2, -0.15) is 0 Å². The summed E-state index contributed by atoms with van der Waals surface area (Å²) in [6, 6.07) is 16.1. The molecular weight excluding hydrogens is 308 g/mol. The first-order valence-electron chi connectivity index (χ1n) is 9.18. The molecule has 0 amide bonds. The summed E-state index contributed by atoms with van der Waals surface area (Å²) >= 11 is 0. The van der Waals surface area contributed by atoms with Crippen LogP contribution >= 0.6 is 0 Å². The molecule has 2 nitrogen and oxygen atoms in total. The van der Waals surface area contributed by atoms with E-state index in [-0.39, 0.29) is 6.42 Å². The van der Waals surface area contributed by atoms with Gasteiger partial charge in [0, 0.05) is 6.42 Å². The molecule has 0 aliphatic heterocycles. The lowest BCUT2D eigenvalue weighted by Gasteiger charge is -2.34. The Kier molecular flexibility index (Phi) is 5.75. The van der Waals surface area contributed by atoms with Crippen LogP contribution in [0.5, 0.6) is 0 Å². The van der Waals surface area contributed by atoms with Crippen LogP contribution < -0.4 is 0 Å². The van der Waals surface area contributed by atoms with Crippen molar-refractivity contribution < 1.29 is 10.2 Å². The van der Waals surface area contributed by atoms with Gasteiger partial charge in [0.1, 0.15) is 0 Å². The van der Waals surface area contributed by atoms with Crippen molar-refractivity contribution in [1.82, 2.24) is 0 Å². The number of hydrogen-bond donors (Lipinski definition) is 2. The van der Waals surface area contributed by atoms with Crippen LogP contribution in [0.2, 0.25) is 0 Å². The van der Waals surface area contributed by atoms with Gasteiger partial charge in [0.05, 0.1) is 11.2 Å². The van der Waals surface area contributed by atoms with Gasteiger partial charge in [0.25, 0.3) is 0 Å². The minimum absolute atomic E-state index is 0.238. The van der Waals surface area contributed by atoms with Crippen LogP contribution in [0, 0.1) is 0 Å². The lowest BCUT2D eigenvalue weighted by Crippen LogP contribution is -2.34. The number of hydrogen-bond acceptors (Lipinski definition) is 2. The normalized spacial score (nSPS) is 16.7. The van der Waals surface area contributed by atoms with Gasteiger partial charge < -0.3 is 10.2 Å². The zero-order valence-electron chi connectivity index (χ0n) is 16.4. The molecule has 25 heavy (non-hydrogen) atoms. The quantitative estimate of drug-likeness (QED) is 0.735. The van der Waals surface area contributed by atoms with Gasteiger partial charge in [-0.25, -0.2) is 0 Å². The second kappa shape index (κ2) is 7.31. The van der Waals surface area contributed by atoms with Crippen LogP contribution in [0.1, 0.15) is 82.1 Å². The minimum atomic E-state index is -1.10. The molecule has 2 N–H and O–H groups in total. The Bertz CT molecular complexity index is 616. The summed E-state index contributed by atoms with van der Waals surface area (Å²) in [4.78, 5) is 0. The van der Waals surface area contributed by atoms with E-state index >= 15 is 0 Å². The summed E-state index contributed by atoms with van der Waals surface area (Å²) in [7, 11) is 0. The Morgan fingerprint density at radius 1 is 0.640 bits per heavy atom. The maximum Gasteiger partial charge on any atom is 0.0899 e. The molecule has 0 aromatic heterocycles. The average molecular weight is 341 g/mol. The van der Waals surface area contributed by atoms with E-state index in [1.807, 2.05) is 24.3 Å². The number of benzene rings is 2. The van der Waals surface area contributed by atoms with Crippen LogP contribution in [0.15, 0.2) is 48.5 Å². The lowest BCUT2D eigenvalue weighted by atomic mass is 9.80. The highest BCUT2D eigenvalue weighted by molar-refractivity contribution is 5.32. The third-order valence-electron chi connectivity index (χ3n) is 5.09. The Morgan fingerprint density at radius 2 is 0.920 bits per heavy atom. The largest absolute Gasteiger partial charge is 0.385 e.